The Morgan fingerprint density at radius 1 is 1.06 bits per heavy atom. The number of carbonyl (C=O) groups excluding carboxylic acids is 1. The second-order valence-electron chi connectivity index (χ2n) is 8.04. The third-order valence-corrected chi connectivity index (χ3v) is 6.68. The monoisotopic (exact) mass is 462 g/mol. The van der Waals surface area contributed by atoms with Crippen LogP contribution in [0.5, 0.6) is 0 Å². The van der Waals surface area contributed by atoms with Crippen molar-refractivity contribution in [3.05, 3.63) is 64.2 Å². The van der Waals surface area contributed by atoms with E-state index in [1.807, 2.05) is 64.4 Å². The molecule has 1 aliphatic heterocycles. The zero-order valence-electron chi connectivity index (χ0n) is 18.8. The summed E-state index contributed by atoms with van der Waals surface area (Å²) in [6.07, 6.45) is 0.869. The van der Waals surface area contributed by atoms with Crippen molar-refractivity contribution in [2.75, 3.05) is 38.2 Å². The lowest BCUT2D eigenvalue weighted by atomic mass is 10.2. The highest BCUT2D eigenvalue weighted by Gasteiger charge is 2.25. The minimum Gasteiger partial charge on any atom is -0.377 e. The fraction of sp³-hybridized carbons (Fsp3) is 0.333. The van der Waals surface area contributed by atoms with Crippen molar-refractivity contribution in [2.24, 2.45) is 0 Å². The summed E-state index contributed by atoms with van der Waals surface area (Å²) in [4.78, 5) is 27.5. The first-order valence-corrected chi connectivity index (χ1v) is 11.9. The normalized spacial score (nSPS) is 14.6. The van der Waals surface area contributed by atoms with E-state index in [4.69, 9.17) is 19.8 Å². The van der Waals surface area contributed by atoms with Gasteiger partial charge in [-0.2, -0.15) is 5.10 Å². The van der Waals surface area contributed by atoms with Gasteiger partial charge in [-0.05, 0) is 36.9 Å². The van der Waals surface area contributed by atoms with Crippen molar-refractivity contribution in [1.29, 1.82) is 0 Å². The molecule has 0 saturated carbocycles. The molecule has 1 saturated heterocycles. The summed E-state index contributed by atoms with van der Waals surface area (Å²) in [5.74, 6) is 1.58. The van der Waals surface area contributed by atoms with Crippen LogP contribution in [0.25, 0.3) is 16.7 Å². The molecular formula is C24H26N6O2S. The highest BCUT2D eigenvalue weighted by molar-refractivity contribution is 7.12. The number of ether oxygens (including phenoxy) is 1. The molecule has 0 radical (unpaired) electrons. The van der Waals surface area contributed by atoms with Gasteiger partial charge in [-0.25, -0.2) is 14.6 Å². The molecule has 1 amide bonds. The molecule has 0 bridgehead atoms. The summed E-state index contributed by atoms with van der Waals surface area (Å²) < 4.78 is 7.24. The largest absolute Gasteiger partial charge is 0.377 e. The molecule has 0 unspecified atom stereocenters. The third-order valence-electron chi connectivity index (χ3n) is 5.82. The van der Waals surface area contributed by atoms with Crippen LogP contribution in [0, 0.1) is 6.92 Å². The Bertz CT molecular complexity index is 1260. The number of methoxy groups -OCH3 is 1. The fourth-order valence-electron chi connectivity index (χ4n) is 4.27. The number of fused-ring (bicyclic) bond motifs is 1. The molecule has 0 spiro atoms. The molecule has 170 valence electrons. The van der Waals surface area contributed by atoms with Gasteiger partial charge in [0.05, 0.1) is 21.6 Å². The van der Waals surface area contributed by atoms with E-state index in [2.05, 4.69) is 4.90 Å². The lowest BCUT2D eigenvalue weighted by Gasteiger charge is -2.23. The summed E-state index contributed by atoms with van der Waals surface area (Å²) in [6.45, 7) is 5.20. The molecule has 0 atom stereocenters. The number of nitrogens with zero attached hydrogens (tertiary/aromatic N) is 6. The highest BCUT2D eigenvalue weighted by Crippen LogP contribution is 2.30. The van der Waals surface area contributed by atoms with Gasteiger partial charge in [0.2, 0.25) is 0 Å². The number of para-hydroxylation sites is 1. The Labute approximate surface area is 196 Å². The predicted molar refractivity (Wildman–Crippen MR) is 129 cm³/mol. The molecule has 33 heavy (non-hydrogen) atoms. The van der Waals surface area contributed by atoms with Crippen LogP contribution in [0.1, 0.15) is 27.6 Å². The van der Waals surface area contributed by atoms with E-state index in [1.54, 1.807) is 7.11 Å². The van der Waals surface area contributed by atoms with Gasteiger partial charge >= 0.3 is 0 Å². The molecule has 8 nitrogen and oxygen atoms in total. The highest BCUT2D eigenvalue weighted by atomic mass is 32.1. The van der Waals surface area contributed by atoms with Gasteiger partial charge in [-0.1, -0.05) is 24.3 Å². The molecule has 4 aromatic rings. The summed E-state index contributed by atoms with van der Waals surface area (Å²) in [7, 11) is 1.65. The number of amides is 1. The zero-order valence-corrected chi connectivity index (χ0v) is 19.6. The number of thiophene rings is 1. The lowest BCUT2D eigenvalue weighted by Crippen LogP contribution is -2.35. The summed E-state index contributed by atoms with van der Waals surface area (Å²) in [5.41, 5.74) is 2.60. The van der Waals surface area contributed by atoms with Gasteiger partial charge in [0.15, 0.2) is 11.5 Å². The van der Waals surface area contributed by atoms with Crippen molar-refractivity contribution in [1.82, 2.24) is 24.6 Å². The molecule has 5 rings (SSSR count). The molecule has 0 aliphatic carbocycles. The van der Waals surface area contributed by atoms with Crippen LogP contribution in [0.15, 0.2) is 47.8 Å². The Balaban J connectivity index is 1.52. The van der Waals surface area contributed by atoms with Crippen molar-refractivity contribution < 1.29 is 9.53 Å². The zero-order chi connectivity index (χ0) is 22.8. The first kappa shape index (κ1) is 21.5. The topological polar surface area (TPSA) is 76.4 Å². The Morgan fingerprint density at radius 2 is 1.91 bits per heavy atom. The number of anilines is 1. The number of hydrogen-bond donors (Lipinski definition) is 0. The standard InChI is InChI=1S/C24H26N6O2S/c1-17-21-22(28-11-7-12-29(14-13-28)24(31)19-10-6-15-33-19)25-20(16-32-2)26-23(21)30(27-17)18-8-4-3-5-9-18/h3-6,8-10,15H,7,11-14,16H2,1-2H3. The molecular weight excluding hydrogens is 436 g/mol. The fourth-order valence-corrected chi connectivity index (χ4v) is 4.96. The Morgan fingerprint density at radius 3 is 2.67 bits per heavy atom. The van der Waals surface area contributed by atoms with Crippen molar-refractivity contribution in [3.63, 3.8) is 0 Å². The number of carbonyl (C=O) groups is 1. The van der Waals surface area contributed by atoms with E-state index in [1.165, 1.54) is 11.3 Å². The van der Waals surface area contributed by atoms with Crippen LogP contribution in [0.4, 0.5) is 5.82 Å². The van der Waals surface area contributed by atoms with E-state index in [9.17, 15) is 4.79 Å². The van der Waals surface area contributed by atoms with Crippen LogP contribution >= 0.6 is 11.3 Å². The third kappa shape index (κ3) is 4.21. The van der Waals surface area contributed by atoms with Gasteiger partial charge in [-0.15, -0.1) is 11.3 Å². The maximum absolute atomic E-state index is 12.9. The van der Waals surface area contributed by atoms with Crippen LogP contribution in [-0.2, 0) is 11.3 Å². The van der Waals surface area contributed by atoms with E-state index in [0.29, 0.717) is 25.5 Å². The van der Waals surface area contributed by atoms with Gasteiger partial charge in [0, 0.05) is 33.3 Å². The maximum atomic E-state index is 12.9. The first-order chi connectivity index (χ1) is 16.2. The number of benzene rings is 1. The number of aryl methyl sites for hydroxylation is 1. The molecule has 1 fully saturated rings. The number of hydrogen-bond acceptors (Lipinski definition) is 7. The van der Waals surface area contributed by atoms with Crippen molar-refractivity contribution in [3.8, 4) is 5.69 Å². The predicted octanol–water partition coefficient (Wildman–Crippen LogP) is 3.68. The second kappa shape index (κ2) is 9.29. The average molecular weight is 463 g/mol. The Hall–Kier alpha value is -3.30. The first-order valence-electron chi connectivity index (χ1n) is 11.0. The van der Waals surface area contributed by atoms with E-state index in [-0.39, 0.29) is 5.91 Å². The molecule has 9 heteroatoms. The Kier molecular flexibility index (Phi) is 6.06. The smallest absolute Gasteiger partial charge is 0.263 e. The lowest BCUT2D eigenvalue weighted by molar-refractivity contribution is 0.0772. The van der Waals surface area contributed by atoms with Crippen LogP contribution in [-0.4, -0.2) is 63.8 Å². The van der Waals surface area contributed by atoms with Crippen molar-refractivity contribution in [2.45, 2.75) is 20.0 Å². The van der Waals surface area contributed by atoms with Gasteiger partial charge < -0.3 is 14.5 Å². The number of aromatic nitrogens is 4. The molecule has 3 aromatic heterocycles. The van der Waals surface area contributed by atoms with Gasteiger partial charge in [0.25, 0.3) is 5.91 Å². The summed E-state index contributed by atoms with van der Waals surface area (Å²) in [5, 5.41) is 7.69. The molecule has 1 aliphatic rings. The summed E-state index contributed by atoms with van der Waals surface area (Å²) in [6, 6.07) is 13.8. The quantitative estimate of drug-likeness (QED) is 0.450. The number of rotatable bonds is 5. The van der Waals surface area contributed by atoms with Gasteiger partial charge in [0.1, 0.15) is 12.4 Å². The van der Waals surface area contributed by atoms with Crippen LogP contribution in [0.2, 0.25) is 0 Å². The molecule has 4 heterocycles. The maximum Gasteiger partial charge on any atom is 0.263 e. The van der Waals surface area contributed by atoms with Crippen molar-refractivity contribution >= 4 is 34.1 Å². The molecule has 0 N–H and O–H groups in total. The van der Waals surface area contributed by atoms with Crippen LogP contribution < -0.4 is 4.90 Å². The minimum absolute atomic E-state index is 0.104. The molecule has 1 aromatic carbocycles. The van der Waals surface area contributed by atoms with E-state index < -0.39 is 0 Å². The minimum atomic E-state index is 0.104. The van der Waals surface area contributed by atoms with Crippen LogP contribution in [0.3, 0.4) is 0 Å². The summed E-state index contributed by atoms with van der Waals surface area (Å²) >= 11 is 1.49. The van der Waals surface area contributed by atoms with Gasteiger partial charge in [-0.3, -0.25) is 4.79 Å². The van der Waals surface area contributed by atoms with E-state index in [0.717, 1.165) is 52.6 Å². The SMILES string of the molecule is COCc1nc(N2CCCN(C(=O)c3cccs3)CC2)c2c(C)nn(-c3ccccc3)c2n1. The second-order valence-corrected chi connectivity index (χ2v) is 8.99. The average Bonchev–Trinajstić information content (AvgIpc) is 3.41. The van der Waals surface area contributed by atoms with E-state index >= 15 is 0 Å².